The van der Waals surface area contributed by atoms with Gasteiger partial charge in [-0.25, -0.2) is 9.55 Å². The molecule has 19 heavy (non-hydrogen) atoms. The molecule has 1 heterocycles. The lowest BCUT2D eigenvalue weighted by atomic mass is 10.1. The van der Waals surface area contributed by atoms with E-state index in [1.54, 1.807) is 7.05 Å². The van der Waals surface area contributed by atoms with E-state index in [2.05, 4.69) is 17.1 Å². The van der Waals surface area contributed by atoms with Gasteiger partial charge >= 0.3 is 5.82 Å². The molecule has 0 N–H and O–H groups in total. The lowest BCUT2D eigenvalue weighted by Crippen LogP contribution is -1.98. The number of hydrogen-bond acceptors (Lipinski definition) is 3. The van der Waals surface area contributed by atoms with Crippen LogP contribution >= 0.6 is 0 Å². The Balaban J connectivity index is 2.02. The molecule has 0 amide bonds. The monoisotopic (exact) mass is 255 g/mol. The topological polar surface area (TPSA) is 61.0 Å². The Kier molecular flexibility index (Phi) is 2.67. The molecule has 0 unspecified atom stereocenters. The molecule has 0 saturated carbocycles. The minimum atomic E-state index is -0.419. The highest BCUT2D eigenvalue weighted by Gasteiger charge is 2.19. The van der Waals surface area contributed by atoms with Crippen LogP contribution in [-0.4, -0.2) is 14.5 Å². The van der Waals surface area contributed by atoms with Crippen molar-refractivity contribution < 1.29 is 4.92 Å². The average molecular weight is 255 g/mol. The summed E-state index contributed by atoms with van der Waals surface area (Å²) >= 11 is 0. The van der Waals surface area contributed by atoms with Crippen molar-refractivity contribution >= 4 is 17.5 Å². The molecule has 1 aromatic carbocycles. The standard InChI is InChI=1S/C14H13N3O2/c1-16-13(15-9-14(16)17(18)19)8-11-7-6-10-4-2-3-5-12(10)11/h2-5,8-9H,6-7H2,1H3/b11-8-. The lowest BCUT2D eigenvalue weighted by Gasteiger charge is -2.00. The van der Waals surface area contributed by atoms with E-state index in [0.717, 1.165) is 12.8 Å². The second kappa shape index (κ2) is 4.35. The van der Waals surface area contributed by atoms with Gasteiger partial charge in [0.25, 0.3) is 0 Å². The van der Waals surface area contributed by atoms with Gasteiger partial charge in [0.05, 0.1) is 7.05 Å². The minimum Gasteiger partial charge on any atom is -0.358 e. The molecule has 0 aliphatic heterocycles. The summed E-state index contributed by atoms with van der Waals surface area (Å²) in [5, 5.41) is 10.8. The maximum Gasteiger partial charge on any atom is 0.342 e. The van der Waals surface area contributed by atoms with Gasteiger partial charge in [0, 0.05) is 6.08 Å². The van der Waals surface area contributed by atoms with Gasteiger partial charge in [-0.2, -0.15) is 0 Å². The number of rotatable bonds is 2. The summed E-state index contributed by atoms with van der Waals surface area (Å²) in [7, 11) is 1.67. The van der Waals surface area contributed by atoms with Crippen molar-refractivity contribution in [3.8, 4) is 0 Å². The molecule has 96 valence electrons. The van der Waals surface area contributed by atoms with Crippen LogP contribution in [-0.2, 0) is 13.5 Å². The van der Waals surface area contributed by atoms with Crippen molar-refractivity contribution in [2.45, 2.75) is 12.8 Å². The number of nitrogens with zero attached hydrogens (tertiary/aromatic N) is 3. The Labute approximate surface area is 110 Å². The van der Waals surface area contributed by atoms with Gasteiger partial charge in [-0.1, -0.05) is 24.3 Å². The molecule has 0 saturated heterocycles. The molecule has 3 rings (SSSR count). The highest BCUT2D eigenvalue weighted by atomic mass is 16.6. The maximum atomic E-state index is 10.8. The fourth-order valence-corrected chi connectivity index (χ4v) is 2.48. The summed E-state index contributed by atoms with van der Waals surface area (Å²) in [6.45, 7) is 0. The molecule has 5 nitrogen and oxygen atoms in total. The zero-order chi connectivity index (χ0) is 13.4. The minimum absolute atomic E-state index is 0.0122. The van der Waals surface area contributed by atoms with E-state index in [1.165, 1.54) is 27.5 Å². The van der Waals surface area contributed by atoms with Crippen LogP contribution in [0.2, 0.25) is 0 Å². The third kappa shape index (κ3) is 1.93. The SMILES string of the molecule is Cn1c([N+](=O)[O-])cnc1/C=C1/CCc2ccccc21. The Morgan fingerprint density at radius 3 is 2.89 bits per heavy atom. The van der Waals surface area contributed by atoms with E-state index in [4.69, 9.17) is 0 Å². The number of aromatic nitrogens is 2. The molecular formula is C14H13N3O2. The van der Waals surface area contributed by atoms with Crippen LogP contribution in [0, 0.1) is 10.1 Å². The first kappa shape index (κ1) is 11.6. The molecule has 0 atom stereocenters. The van der Waals surface area contributed by atoms with Crippen molar-refractivity contribution in [2.24, 2.45) is 7.05 Å². The molecule has 1 aliphatic carbocycles. The van der Waals surface area contributed by atoms with Gasteiger partial charge < -0.3 is 10.1 Å². The summed E-state index contributed by atoms with van der Waals surface area (Å²) in [4.78, 5) is 14.5. The van der Waals surface area contributed by atoms with Crippen LogP contribution in [0.25, 0.3) is 11.6 Å². The first-order valence-corrected chi connectivity index (χ1v) is 6.12. The molecule has 0 fully saturated rings. The highest BCUT2D eigenvalue weighted by Crippen LogP contribution is 2.33. The van der Waals surface area contributed by atoms with Crippen LogP contribution < -0.4 is 0 Å². The van der Waals surface area contributed by atoms with E-state index in [9.17, 15) is 10.1 Å². The van der Waals surface area contributed by atoms with Gasteiger partial charge in [0.15, 0.2) is 0 Å². The first-order valence-electron chi connectivity index (χ1n) is 6.12. The molecule has 1 aliphatic rings. The zero-order valence-electron chi connectivity index (χ0n) is 10.5. The van der Waals surface area contributed by atoms with Gasteiger partial charge in [0.1, 0.15) is 6.20 Å². The number of hydrogen-bond donors (Lipinski definition) is 0. The van der Waals surface area contributed by atoms with E-state index in [-0.39, 0.29) is 5.82 Å². The molecule has 0 radical (unpaired) electrons. The van der Waals surface area contributed by atoms with Crippen molar-refractivity contribution in [3.63, 3.8) is 0 Å². The first-order chi connectivity index (χ1) is 9.16. The van der Waals surface area contributed by atoms with Crippen molar-refractivity contribution in [1.29, 1.82) is 0 Å². The maximum absolute atomic E-state index is 10.8. The number of allylic oxidation sites excluding steroid dienone is 1. The largest absolute Gasteiger partial charge is 0.358 e. The average Bonchev–Trinajstić information content (AvgIpc) is 2.96. The van der Waals surface area contributed by atoms with Crippen LogP contribution in [0.15, 0.2) is 30.5 Å². The Morgan fingerprint density at radius 2 is 2.16 bits per heavy atom. The normalized spacial score (nSPS) is 15.7. The Hall–Kier alpha value is -2.43. The Morgan fingerprint density at radius 1 is 1.37 bits per heavy atom. The molecule has 5 heteroatoms. The smallest absolute Gasteiger partial charge is 0.342 e. The third-order valence-electron chi connectivity index (χ3n) is 3.52. The van der Waals surface area contributed by atoms with E-state index in [1.807, 2.05) is 18.2 Å². The van der Waals surface area contributed by atoms with Crippen LogP contribution in [0.3, 0.4) is 0 Å². The van der Waals surface area contributed by atoms with Crippen molar-refractivity contribution in [1.82, 2.24) is 9.55 Å². The molecule has 0 bridgehead atoms. The van der Waals surface area contributed by atoms with Gasteiger partial charge in [-0.15, -0.1) is 0 Å². The van der Waals surface area contributed by atoms with Gasteiger partial charge in [0.2, 0.25) is 5.82 Å². The van der Waals surface area contributed by atoms with E-state index < -0.39 is 4.92 Å². The number of imidazole rings is 1. The van der Waals surface area contributed by atoms with Crippen LogP contribution in [0.1, 0.15) is 23.4 Å². The quantitative estimate of drug-likeness (QED) is 0.612. The molecule has 1 aromatic heterocycles. The van der Waals surface area contributed by atoms with Crippen molar-refractivity contribution in [3.05, 3.63) is 57.5 Å². The van der Waals surface area contributed by atoms with Gasteiger partial charge in [-0.3, -0.25) is 0 Å². The number of benzene rings is 1. The lowest BCUT2D eigenvalue weighted by molar-refractivity contribution is -0.391. The van der Waals surface area contributed by atoms with E-state index in [0.29, 0.717) is 5.82 Å². The second-order valence-corrected chi connectivity index (χ2v) is 4.62. The number of fused-ring (bicyclic) bond motifs is 1. The fraction of sp³-hybridized carbons (Fsp3) is 0.214. The molecule has 0 spiro atoms. The van der Waals surface area contributed by atoms with Crippen molar-refractivity contribution in [2.75, 3.05) is 0 Å². The molecule has 2 aromatic rings. The summed E-state index contributed by atoms with van der Waals surface area (Å²) in [5.74, 6) is 0.636. The Bertz CT molecular complexity index is 686. The van der Waals surface area contributed by atoms with Crippen LogP contribution in [0.5, 0.6) is 0 Å². The predicted molar refractivity (Wildman–Crippen MR) is 72.5 cm³/mol. The van der Waals surface area contributed by atoms with E-state index >= 15 is 0 Å². The number of aryl methyl sites for hydroxylation is 1. The highest BCUT2D eigenvalue weighted by molar-refractivity contribution is 5.84. The summed E-state index contributed by atoms with van der Waals surface area (Å²) in [5.41, 5.74) is 3.75. The molecular weight excluding hydrogens is 242 g/mol. The third-order valence-corrected chi connectivity index (χ3v) is 3.52. The predicted octanol–water partition coefficient (Wildman–Crippen LogP) is 2.82. The van der Waals surface area contributed by atoms with Crippen LogP contribution in [0.4, 0.5) is 5.82 Å². The summed E-state index contributed by atoms with van der Waals surface area (Å²) in [6.07, 6.45) is 5.22. The summed E-state index contributed by atoms with van der Waals surface area (Å²) < 4.78 is 1.51. The van der Waals surface area contributed by atoms with Gasteiger partial charge in [-0.05, 0) is 34.5 Å². The fourth-order valence-electron chi connectivity index (χ4n) is 2.48. The summed E-state index contributed by atoms with van der Waals surface area (Å²) in [6, 6.07) is 8.26. The zero-order valence-corrected chi connectivity index (χ0v) is 10.5. The second-order valence-electron chi connectivity index (χ2n) is 4.62. The number of nitro groups is 1.